The number of aliphatic hydroxyl groups is 1. The summed E-state index contributed by atoms with van der Waals surface area (Å²) >= 11 is 6.03. The highest BCUT2D eigenvalue weighted by Gasteiger charge is 2.11. The lowest BCUT2D eigenvalue weighted by molar-refractivity contribution is 0.282. The molecule has 0 aliphatic carbocycles. The Bertz CT molecular complexity index is 1060. The summed E-state index contributed by atoms with van der Waals surface area (Å²) in [5.74, 6) is 0.734. The molecular formula is C20H17ClN4O. The van der Waals surface area contributed by atoms with Crippen LogP contribution in [-0.2, 0) is 13.2 Å². The molecule has 0 saturated heterocycles. The molecule has 0 amide bonds. The number of hydrogen-bond acceptors (Lipinski definition) is 4. The first-order valence-corrected chi connectivity index (χ1v) is 8.64. The summed E-state index contributed by atoms with van der Waals surface area (Å²) in [5.41, 5.74) is 4.43. The summed E-state index contributed by atoms with van der Waals surface area (Å²) < 4.78 is 1.79. The predicted molar refractivity (Wildman–Crippen MR) is 103 cm³/mol. The standard InChI is InChI=1S/C20H17ClN4O/c21-16-6-3-4-14(10-16)11-22-19-8-9-20-23-12-18(25(20)24-19)17-7-2-1-5-15(17)13-26/h1-10,12,26H,11,13H2,(H,22,24). The zero-order valence-electron chi connectivity index (χ0n) is 13.9. The van der Waals surface area contributed by atoms with E-state index in [0.29, 0.717) is 11.6 Å². The lowest BCUT2D eigenvalue weighted by atomic mass is 10.1. The number of anilines is 1. The summed E-state index contributed by atoms with van der Waals surface area (Å²) in [6, 6.07) is 19.2. The number of rotatable bonds is 5. The van der Waals surface area contributed by atoms with Crippen molar-refractivity contribution in [2.24, 2.45) is 0 Å². The molecule has 0 radical (unpaired) electrons. The highest BCUT2D eigenvalue weighted by Crippen LogP contribution is 2.24. The van der Waals surface area contributed by atoms with Crippen molar-refractivity contribution in [3.63, 3.8) is 0 Å². The van der Waals surface area contributed by atoms with Crippen LogP contribution in [0.1, 0.15) is 11.1 Å². The van der Waals surface area contributed by atoms with Gasteiger partial charge < -0.3 is 10.4 Å². The topological polar surface area (TPSA) is 62.5 Å². The van der Waals surface area contributed by atoms with Crippen molar-refractivity contribution in [1.82, 2.24) is 14.6 Å². The molecule has 0 atom stereocenters. The van der Waals surface area contributed by atoms with Crippen molar-refractivity contribution in [3.05, 3.63) is 83.0 Å². The molecule has 4 rings (SSSR count). The van der Waals surface area contributed by atoms with E-state index in [0.717, 1.165) is 33.8 Å². The molecule has 6 heteroatoms. The monoisotopic (exact) mass is 364 g/mol. The molecule has 2 heterocycles. The summed E-state index contributed by atoms with van der Waals surface area (Å²) in [6.07, 6.45) is 1.78. The Morgan fingerprint density at radius 1 is 1.04 bits per heavy atom. The van der Waals surface area contributed by atoms with E-state index in [1.165, 1.54) is 0 Å². The van der Waals surface area contributed by atoms with Gasteiger partial charge in [0.2, 0.25) is 0 Å². The first-order valence-electron chi connectivity index (χ1n) is 8.27. The second-order valence-electron chi connectivity index (χ2n) is 5.93. The minimum absolute atomic E-state index is 0.0316. The minimum Gasteiger partial charge on any atom is -0.392 e. The molecule has 0 spiro atoms. The third-order valence-corrected chi connectivity index (χ3v) is 4.42. The van der Waals surface area contributed by atoms with Crippen LogP contribution in [0.15, 0.2) is 66.9 Å². The molecule has 5 nitrogen and oxygen atoms in total. The Morgan fingerprint density at radius 2 is 1.92 bits per heavy atom. The normalized spacial score (nSPS) is 11.0. The number of nitrogens with zero attached hydrogens (tertiary/aromatic N) is 3. The van der Waals surface area contributed by atoms with Gasteiger partial charge in [-0.15, -0.1) is 5.10 Å². The maximum Gasteiger partial charge on any atom is 0.154 e. The summed E-state index contributed by atoms with van der Waals surface area (Å²) in [4.78, 5) is 4.42. The Balaban J connectivity index is 1.66. The van der Waals surface area contributed by atoms with Gasteiger partial charge in [-0.2, -0.15) is 0 Å². The summed E-state index contributed by atoms with van der Waals surface area (Å²) in [7, 11) is 0. The van der Waals surface area contributed by atoms with Crippen LogP contribution in [0.5, 0.6) is 0 Å². The van der Waals surface area contributed by atoms with Crippen LogP contribution in [0.2, 0.25) is 5.02 Å². The van der Waals surface area contributed by atoms with E-state index < -0.39 is 0 Å². The highest BCUT2D eigenvalue weighted by molar-refractivity contribution is 6.30. The molecule has 0 unspecified atom stereocenters. The number of hydrogen-bond donors (Lipinski definition) is 2. The number of nitrogens with one attached hydrogen (secondary N) is 1. The van der Waals surface area contributed by atoms with E-state index in [1.807, 2.05) is 60.7 Å². The summed E-state index contributed by atoms with van der Waals surface area (Å²) in [6.45, 7) is 0.590. The highest BCUT2D eigenvalue weighted by atomic mass is 35.5. The van der Waals surface area contributed by atoms with Gasteiger partial charge in [0.05, 0.1) is 18.5 Å². The molecule has 130 valence electrons. The van der Waals surface area contributed by atoms with Crippen molar-refractivity contribution in [3.8, 4) is 11.3 Å². The second-order valence-corrected chi connectivity index (χ2v) is 6.37. The second kappa shape index (κ2) is 7.15. The van der Waals surface area contributed by atoms with Crippen LogP contribution in [-0.4, -0.2) is 19.7 Å². The van der Waals surface area contributed by atoms with Gasteiger partial charge in [0, 0.05) is 17.1 Å². The van der Waals surface area contributed by atoms with Crippen molar-refractivity contribution in [2.75, 3.05) is 5.32 Å². The number of fused-ring (bicyclic) bond motifs is 1. The summed E-state index contributed by atoms with van der Waals surface area (Å²) in [5, 5.41) is 18.3. The minimum atomic E-state index is -0.0316. The maximum atomic E-state index is 9.60. The van der Waals surface area contributed by atoms with E-state index in [1.54, 1.807) is 10.7 Å². The van der Waals surface area contributed by atoms with Crippen LogP contribution in [0, 0.1) is 0 Å². The first-order chi connectivity index (χ1) is 12.7. The number of benzene rings is 2. The Hall–Kier alpha value is -2.89. The van der Waals surface area contributed by atoms with Gasteiger partial charge >= 0.3 is 0 Å². The van der Waals surface area contributed by atoms with Crippen LogP contribution < -0.4 is 5.32 Å². The molecule has 0 bridgehead atoms. The van der Waals surface area contributed by atoms with Gasteiger partial charge in [0.1, 0.15) is 5.82 Å². The van der Waals surface area contributed by atoms with Crippen molar-refractivity contribution in [1.29, 1.82) is 0 Å². The zero-order valence-corrected chi connectivity index (χ0v) is 14.7. The lowest BCUT2D eigenvalue weighted by Gasteiger charge is -2.09. The van der Waals surface area contributed by atoms with E-state index in [-0.39, 0.29) is 6.61 Å². The number of aliphatic hydroxyl groups excluding tert-OH is 1. The van der Waals surface area contributed by atoms with E-state index >= 15 is 0 Å². The Kier molecular flexibility index (Phi) is 4.56. The molecular weight excluding hydrogens is 348 g/mol. The van der Waals surface area contributed by atoms with Crippen molar-refractivity contribution in [2.45, 2.75) is 13.2 Å². The van der Waals surface area contributed by atoms with Crippen LogP contribution in [0.3, 0.4) is 0 Å². The van der Waals surface area contributed by atoms with Gasteiger partial charge in [-0.1, -0.05) is 48.0 Å². The molecule has 4 aromatic rings. The molecule has 0 fully saturated rings. The van der Waals surface area contributed by atoms with E-state index in [9.17, 15) is 5.11 Å². The molecule has 0 aliphatic heterocycles. The Morgan fingerprint density at radius 3 is 2.77 bits per heavy atom. The molecule has 0 saturated carbocycles. The van der Waals surface area contributed by atoms with Crippen LogP contribution in [0.25, 0.3) is 16.9 Å². The largest absolute Gasteiger partial charge is 0.392 e. The first kappa shape index (κ1) is 16.6. The third-order valence-electron chi connectivity index (χ3n) is 4.19. The van der Waals surface area contributed by atoms with Gasteiger partial charge in [0.25, 0.3) is 0 Å². The molecule has 2 N–H and O–H groups in total. The van der Waals surface area contributed by atoms with E-state index in [4.69, 9.17) is 11.6 Å². The van der Waals surface area contributed by atoms with Gasteiger partial charge in [0.15, 0.2) is 5.65 Å². The molecule has 2 aromatic heterocycles. The Labute approximate surface area is 155 Å². The molecule has 26 heavy (non-hydrogen) atoms. The quantitative estimate of drug-likeness (QED) is 0.558. The van der Waals surface area contributed by atoms with Crippen LogP contribution in [0.4, 0.5) is 5.82 Å². The molecule has 0 aliphatic rings. The van der Waals surface area contributed by atoms with Gasteiger partial charge in [-0.3, -0.25) is 0 Å². The predicted octanol–water partition coefficient (Wildman–Crippen LogP) is 4.15. The van der Waals surface area contributed by atoms with Gasteiger partial charge in [-0.05, 0) is 35.4 Å². The zero-order chi connectivity index (χ0) is 17.9. The average Bonchev–Trinajstić information content (AvgIpc) is 3.09. The SMILES string of the molecule is OCc1ccccc1-c1cnc2ccc(NCc3cccc(Cl)c3)nn12. The molecule has 2 aromatic carbocycles. The van der Waals surface area contributed by atoms with Gasteiger partial charge in [-0.25, -0.2) is 9.50 Å². The average molecular weight is 365 g/mol. The number of halogens is 1. The van der Waals surface area contributed by atoms with Crippen molar-refractivity contribution >= 4 is 23.1 Å². The number of aromatic nitrogens is 3. The van der Waals surface area contributed by atoms with E-state index in [2.05, 4.69) is 15.4 Å². The smallest absolute Gasteiger partial charge is 0.154 e. The van der Waals surface area contributed by atoms with Crippen molar-refractivity contribution < 1.29 is 5.11 Å². The number of imidazole rings is 1. The maximum absolute atomic E-state index is 9.60. The third kappa shape index (κ3) is 3.27. The fourth-order valence-corrected chi connectivity index (χ4v) is 3.11. The van der Waals surface area contributed by atoms with Crippen LogP contribution >= 0.6 is 11.6 Å². The fraction of sp³-hybridized carbons (Fsp3) is 0.100. The fourth-order valence-electron chi connectivity index (χ4n) is 2.90. The lowest BCUT2D eigenvalue weighted by Crippen LogP contribution is -2.05.